The maximum atomic E-state index is 13.2. The fourth-order valence-corrected chi connectivity index (χ4v) is 4.77. The van der Waals surface area contributed by atoms with Gasteiger partial charge in [0.15, 0.2) is 0 Å². The molecule has 0 spiro atoms. The number of nitrogens with one attached hydrogen (secondary N) is 1. The lowest BCUT2D eigenvalue weighted by molar-refractivity contribution is 0.0526. The van der Waals surface area contributed by atoms with Gasteiger partial charge in [-0.1, -0.05) is 18.2 Å². The van der Waals surface area contributed by atoms with Crippen LogP contribution in [0.5, 0.6) is 5.75 Å². The van der Waals surface area contributed by atoms with E-state index in [1.54, 1.807) is 37.3 Å². The summed E-state index contributed by atoms with van der Waals surface area (Å²) in [6, 6.07) is 19.5. The van der Waals surface area contributed by atoms with Gasteiger partial charge < -0.3 is 24.6 Å². The first-order valence-electron chi connectivity index (χ1n) is 12.6. The summed E-state index contributed by atoms with van der Waals surface area (Å²) in [5.74, 6) is -0.139. The van der Waals surface area contributed by atoms with E-state index in [1.165, 1.54) is 0 Å². The molecule has 0 aliphatic carbocycles. The average molecular weight is 580 g/mol. The van der Waals surface area contributed by atoms with Crippen molar-refractivity contribution in [2.75, 3.05) is 49.6 Å². The maximum absolute atomic E-state index is 13.2. The molecule has 1 heterocycles. The average Bonchev–Trinajstić information content (AvgIpc) is 2.94. The second kappa shape index (κ2) is 12.6. The van der Waals surface area contributed by atoms with Crippen molar-refractivity contribution in [1.29, 1.82) is 0 Å². The summed E-state index contributed by atoms with van der Waals surface area (Å²) >= 11 is 3.45. The van der Waals surface area contributed by atoms with Crippen LogP contribution in [0.25, 0.3) is 0 Å². The lowest BCUT2D eigenvalue weighted by Gasteiger charge is -2.37. The molecule has 0 atom stereocenters. The number of nitrogens with zero attached hydrogens (tertiary/aromatic N) is 2. The minimum absolute atomic E-state index is 0.00230. The molecule has 2 amide bonds. The molecule has 38 heavy (non-hydrogen) atoms. The van der Waals surface area contributed by atoms with Crippen molar-refractivity contribution in [2.24, 2.45) is 0 Å². The quantitative estimate of drug-likeness (QED) is 0.367. The van der Waals surface area contributed by atoms with Gasteiger partial charge >= 0.3 is 5.97 Å². The molecular formula is C29H30BrN3O5. The first-order valence-corrected chi connectivity index (χ1v) is 13.3. The Morgan fingerprint density at radius 2 is 1.55 bits per heavy atom. The molecule has 1 N–H and O–H groups in total. The number of ether oxygens (including phenoxy) is 2. The van der Waals surface area contributed by atoms with Crippen molar-refractivity contribution in [3.63, 3.8) is 0 Å². The van der Waals surface area contributed by atoms with Crippen LogP contribution in [0, 0.1) is 0 Å². The number of hydrogen-bond donors (Lipinski definition) is 1. The van der Waals surface area contributed by atoms with Crippen molar-refractivity contribution in [3.8, 4) is 5.75 Å². The third-order valence-corrected chi connectivity index (χ3v) is 6.80. The molecule has 9 heteroatoms. The van der Waals surface area contributed by atoms with E-state index in [1.807, 2.05) is 48.2 Å². The number of benzene rings is 3. The summed E-state index contributed by atoms with van der Waals surface area (Å²) in [6.45, 7) is 6.62. The number of anilines is 2. The molecule has 4 rings (SSSR count). The van der Waals surface area contributed by atoms with Gasteiger partial charge in [0.05, 0.1) is 34.6 Å². The monoisotopic (exact) mass is 579 g/mol. The maximum Gasteiger partial charge on any atom is 0.338 e. The molecule has 8 nitrogen and oxygen atoms in total. The number of halogens is 1. The van der Waals surface area contributed by atoms with E-state index in [4.69, 9.17) is 9.47 Å². The van der Waals surface area contributed by atoms with Crippen molar-refractivity contribution in [3.05, 3.63) is 87.9 Å². The third-order valence-electron chi connectivity index (χ3n) is 6.18. The van der Waals surface area contributed by atoms with E-state index in [0.29, 0.717) is 65.4 Å². The second-order valence-electron chi connectivity index (χ2n) is 8.63. The van der Waals surface area contributed by atoms with E-state index >= 15 is 0 Å². The standard InChI is InChI=1S/C29H30BrN3O5/c1-3-37-26-13-11-21(18-23(26)30)27(34)31-24-19-22(29(36)38-4-2)10-12-25(24)32-14-16-33(17-15-32)28(35)20-8-6-5-7-9-20/h5-13,18-19H,3-4,14-17H2,1-2H3,(H,31,34). The molecule has 0 radical (unpaired) electrons. The first kappa shape index (κ1) is 27.2. The Balaban J connectivity index is 1.55. The number of carbonyl (C=O) groups excluding carboxylic acids is 3. The molecule has 1 saturated heterocycles. The summed E-state index contributed by atoms with van der Waals surface area (Å²) in [5, 5.41) is 2.97. The SMILES string of the molecule is CCOC(=O)c1ccc(N2CCN(C(=O)c3ccccc3)CC2)c(NC(=O)c2ccc(OCC)c(Br)c2)c1. The van der Waals surface area contributed by atoms with Crippen LogP contribution in [-0.2, 0) is 4.74 Å². The molecule has 0 unspecified atom stereocenters. The van der Waals surface area contributed by atoms with Gasteiger partial charge in [-0.2, -0.15) is 0 Å². The van der Waals surface area contributed by atoms with Crippen molar-refractivity contribution >= 4 is 45.1 Å². The van der Waals surface area contributed by atoms with E-state index in [9.17, 15) is 14.4 Å². The van der Waals surface area contributed by atoms with Gasteiger partial charge in [-0.05, 0) is 78.3 Å². The minimum atomic E-state index is -0.461. The van der Waals surface area contributed by atoms with E-state index in [2.05, 4.69) is 26.1 Å². The Morgan fingerprint density at radius 3 is 2.21 bits per heavy atom. The molecular weight excluding hydrogens is 550 g/mol. The molecule has 1 fully saturated rings. The lowest BCUT2D eigenvalue weighted by Crippen LogP contribution is -2.49. The van der Waals surface area contributed by atoms with Crippen LogP contribution in [0.4, 0.5) is 11.4 Å². The normalized spacial score (nSPS) is 13.1. The topological polar surface area (TPSA) is 88.2 Å². The Bertz CT molecular complexity index is 1310. The highest BCUT2D eigenvalue weighted by atomic mass is 79.9. The summed E-state index contributed by atoms with van der Waals surface area (Å²) in [6.07, 6.45) is 0. The van der Waals surface area contributed by atoms with Crippen molar-refractivity contribution < 1.29 is 23.9 Å². The second-order valence-corrected chi connectivity index (χ2v) is 9.48. The van der Waals surface area contributed by atoms with Crippen LogP contribution in [0.1, 0.15) is 44.9 Å². The summed E-state index contributed by atoms with van der Waals surface area (Å²) in [5.41, 5.74) is 2.70. The Kier molecular flexibility index (Phi) is 9.02. The van der Waals surface area contributed by atoms with E-state index < -0.39 is 5.97 Å². The zero-order valence-corrected chi connectivity index (χ0v) is 23.0. The predicted octanol–water partition coefficient (Wildman–Crippen LogP) is 5.24. The van der Waals surface area contributed by atoms with Gasteiger partial charge in [0.1, 0.15) is 5.75 Å². The molecule has 3 aromatic carbocycles. The summed E-state index contributed by atoms with van der Waals surface area (Å²) in [4.78, 5) is 42.4. The number of amides is 2. The first-order chi connectivity index (χ1) is 18.4. The van der Waals surface area contributed by atoms with Crippen molar-refractivity contribution in [1.82, 2.24) is 4.90 Å². The zero-order valence-electron chi connectivity index (χ0n) is 21.4. The molecule has 198 valence electrons. The van der Waals surface area contributed by atoms with Crippen molar-refractivity contribution in [2.45, 2.75) is 13.8 Å². The van der Waals surface area contributed by atoms with Crippen LogP contribution in [-0.4, -0.2) is 62.1 Å². The Labute approximate surface area is 230 Å². The van der Waals surface area contributed by atoms with Crippen LogP contribution in [0.2, 0.25) is 0 Å². The largest absolute Gasteiger partial charge is 0.493 e. The highest BCUT2D eigenvalue weighted by Gasteiger charge is 2.25. The van der Waals surface area contributed by atoms with Gasteiger partial charge in [-0.25, -0.2) is 4.79 Å². The number of piperazine rings is 1. The number of carbonyl (C=O) groups is 3. The molecule has 1 aliphatic rings. The fraction of sp³-hybridized carbons (Fsp3) is 0.276. The minimum Gasteiger partial charge on any atom is -0.493 e. The Hall–Kier alpha value is -3.85. The van der Waals surface area contributed by atoms with Gasteiger partial charge in [0.2, 0.25) is 0 Å². The van der Waals surface area contributed by atoms with Crippen LogP contribution >= 0.6 is 15.9 Å². The van der Waals surface area contributed by atoms with E-state index in [-0.39, 0.29) is 18.4 Å². The fourth-order valence-electron chi connectivity index (χ4n) is 4.28. The smallest absolute Gasteiger partial charge is 0.338 e. The Morgan fingerprint density at radius 1 is 0.842 bits per heavy atom. The molecule has 0 saturated carbocycles. The third kappa shape index (κ3) is 6.34. The number of esters is 1. The van der Waals surface area contributed by atoms with Crippen LogP contribution in [0.3, 0.4) is 0 Å². The molecule has 1 aliphatic heterocycles. The van der Waals surface area contributed by atoms with Gasteiger partial charge in [-0.3, -0.25) is 9.59 Å². The molecule has 0 bridgehead atoms. The predicted molar refractivity (Wildman–Crippen MR) is 150 cm³/mol. The van der Waals surface area contributed by atoms with Gasteiger partial charge in [0.25, 0.3) is 11.8 Å². The van der Waals surface area contributed by atoms with Crippen LogP contribution in [0.15, 0.2) is 71.2 Å². The van der Waals surface area contributed by atoms with Crippen LogP contribution < -0.4 is 15.0 Å². The highest BCUT2D eigenvalue weighted by Crippen LogP contribution is 2.31. The summed E-state index contributed by atoms with van der Waals surface area (Å²) < 4.78 is 11.4. The van der Waals surface area contributed by atoms with Gasteiger partial charge in [-0.15, -0.1) is 0 Å². The lowest BCUT2D eigenvalue weighted by atomic mass is 10.1. The van der Waals surface area contributed by atoms with Gasteiger partial charge in [0, 0.05) is 37.3 Å². The highest BCUT2D eigenvalue weighted by molar-refractivity contribution is 9.10. The summed E-state index contributed by atoms with van der Waals surface area (Å²) in [7, 11) is 0. The molecule has 3 aromatic rings. The molecule has 0 aromatic heterocycles. The number of hydrogen-bond acceptors (Lipinski definition) is 6. The zero-order chi connectivity index (χ0) is 27.1. The number of rotatable bonds is 8. The van der Waals surface area contributed by atoms with E-state index in [0.717, 1.165) is 5.69 Å².